The number of benzene rings is 2. The first-order valence-corrected chi connectivity index (χ1v) is 11.0. The molecule has 7 nitrogen and oxygen atoms in total. The first-order chi connectivity index (χ1) is 16.9. The number of halogens is 4. The molecule has 1 saturated carbocycles. The van der Waals surface area contributed by atoms with Crippen LogP contribution in [0.3, 0.4) is 0 Å². The van der Waals surface area contributed by atoms with E-state index in [4.69, 9.17) is 0 Å². The highest BCUT2D eigenvalue weighted by Gasteiger charge is 2.40. The van der Waals surface area contributed by atoms with E-state index < -0.39 is 40.5 Å². The lowest BCUT2D eigenvalue weighted by atomic mass is 10.1. The summed E-state index contributed by atoms with van der Waals surface area (Å²) in [4.78, 5) is 29.6. The highest BCUT2D eigenvalue weighted by atomic mass is 19.4. The second kappa shape index (κ2) is 9.57. The van der Waals surface area contributed by atoms with Gasteiger partial charge >= 0.3 is 6.18 Å². The minimum Gasteiger partial charge on any atom is -0.388 e. The highest BCUT2D eigenvalue weighted by molar-refractivity contribution is 6.07. The summed E-state index contributed by atoms with van der Waals surface area (Å²) in [6, 6.07) is 9.97. The maximum atomic E-state index is 13.8. The minimum atomic E-state index is -4.85. The van der Waals surface area contributed by atoms with Crippen LogP contribution in [0.25, 0.3) is 0 Å². The molecule has 1 aromatic heterocycles. The maximum Gasteiger partial charge on any atom is 0.416 e. The molecule has 2 aromatic carbocycles. The van der Waals surface area contributed by atoms with Gasteiger partial charge in [0.1, 0.15) is 5.82 Å². The molecule has 0 aliphatic heterocycles. The second-order valence-corrected chi connectivity index (χ2v) is 8.65. The quantitative estimate of drug-likeness (QED) is 0.348. The van der Waals surface area contributed by atoms with Crippen molar-refractivity contribution in [2.24, 2.45) is 0 Å². The highest BCUT2D eigenvalue weighted by Crippen LogP contribution is 2.34. The van der Waals surface area contributed by atoms with Crippen LogP contribution in [0.1, 0.15) is 44.7 Å². The molecule has 2 amide bonds. The number of aliphatic hydroxyl groups is 1. The van der Waals surface area contributed by atoms with E-state index in [1.165, 1.54) is 12.3 Å². The van der Waals surface area contributed by atoms with Crippen molar-refractivity contribution in [3.8, 4) is 0 Å². The number of para-hydroxylation sites is 1. The van der Waals surface area contributed by atoms with Crippen LogP contribution in [0.15, 0.2) is 54.7 Å². The number of pyridine rings is 1. The van der Waals surface area contributed by atoms with E-state index in [9.17, 15) is 32.3 Å². The number of nitrogens with one attached hydrogen (secondary N) is 3. The average Bonchev–Trinajstić information content (AvgIpc) is 3.56. The van der Waals surface area contributed by atoms with Crippen LogP contribution in [-0.4, -0.2) is 34.1 Å². The number of nitrogens with zero attached hydrogens (tertiary/aromatic N) is 1. The third kappa shape index (κ3) is 5.98. The van der Waals surface area contributed by atoms with Gasteiger partial charge in [-0.15, -0.1) is 0 Å². The Morgan fingerprint density at radius 1 is 1.03 bits per heavy atom. The molecule has 1 aliphatic rings. The Morgan fingerprint density at radius 2 is 1.75 bits per heavy atom. The summed E-state index contributed by atoms with van der Waals surface area (Å²) < 4.78 is 53.2. The van der Waals surface area contributed by atoms with Crippen molar-refractivity contribution in [2.45, 2.75) is 31.5 Å². The number of carbonyl (C=O) groups is 2. The first-order valence-electron chi connectivity index (χ1n) is 11.0. The molecule has 0 radical (unpaired) electrons. The van der Waals surface area contributed by atoms with Gasteiger partial charge in [-0.3, -0.25) is 9.59 Å². The van der Waals surface area contributed by atoms with E-state index >= 15 is 0 Å². The maximum absolute atomic E-state index is 13.8. The number of alkyl halides is 3. The van der Waals surface area contributed by atoms with Crippen LogP contribution in [-0.2, 0) is 6.18 Å². The molecule has 4 rings (SSSR count). The molecule has 188 valence electrons. The van der Waals surface area contributed by atoms with Crippen LogP contribution in [0, 0.1) is 12.7 Å². The lowest BCUT2D eigenvalue weighted by Gasteiger charge is -2.16. The second-order valence-electron chi connectivity index (χ2n) is 8.65. The topological polar surface area (TPSA) is 103 Å². The molecular weight excluding hydrogens is 480 g/mol. The van der Waals surface area contributed by atoms with Crippen LogP contribution in [0.5, 0.6) is 0 Å². The SMILES string of the molecule is Cc1ccccc1Nc1ncc(C(=O)NCC2(O)CC2)cc1NC(=O)c1cc(F)cc(C(F)(F)F)c1. The Balaban J connectivity index is 1.65. The molecule has 11 heteroatoms. The Kier molecular flexibility index (Phi) is 6.68. The number of hydrogen-bond donors (Lipinski definition) is 4. The summed E-state index contributed by atoms with van der Waals surface area (Å²) in [6.07, 6.45) is -2.45. The van der Waals surface area contributed by atoms with E-state index in [-0.39, 0.29) is 23.6 Å². The monoisotopic (exact) mass is 502 g/mol. The van der Waals surface area contributed by atoms with Crippen molar-refractivity contribution in [3.63, 3.8) is 0 Å². The first kappa shape index (κ1) is 25.1. The van der Waals surface area contributed by atoms with Crippen molar-refractivity contribution in [1.82, 2.24) is 10.3 Å². The molecule has 0 unspecified atom stereocenters. The van der Waals surface area contributed by atoms with E-state index in [0.29, 0.717) is 36.7 Å². The smallest absolute Gasteiger partial charge is 0.388 e. The number of aromatic nitrogens is 1. The molecule has 36 heavy (non-hydrogen) atoms. The molecule has 1 aliphatic carbocycles. The standard InChI is InChI=1S/C25H22F4N4O3/c1-14-4-2-3-5-19(14)32-21-20(10-16(12-30-21)22(34)31-13-24(36)6-7-24)33-23(35)15-8-17(25(27,28)29)11-18(26)9-15/h2-5,8-12,36H,6-7,13H2,1H3,(H,30,32)(H,31,34)(H,33,35). The summed E-state index contributed by atoms with van der Waals surface area (Å²) in [5.41, 5.74) is -1.29. The predicted molar refractivity (Wildman–Crippen MR) is 125 cm³/mol. The van der Waals surface area contributed by atoms with Gasteiger partial charge in [-0.25, -0.2) is 9.37 Å². The van der Waals surface area contributed by atoms with Crippen LogP contribution < -0.4 is 16.0 Å². The van der Waals surface area contributed by atoms with Crippen molar-refractivity contribution in [3.05, 3.63) is 82.8 Å². The molecule has 1 fully saturated rings. The summed E-state index contributed by atoms with van der Waals surface area (Å²) in [5.74, 6) is -2.70. The number of carbonyl (C=O) groups excluding carboxylic acids is 2. The Bertz CT molecular complexity index is 1320. The summed E-state index contributed by atoms with van der Waals surface area (Å²) >= 11 is 0. The van der Waals surface area contributed by atoms with Gasteiger partial charge < -0.3 is 21.1 Å². The minimum absolute atomic E-state index is 0.0149. The normalized spacial score (nSPS) is 14.2. The Hall–Kier alpha value is -3.99. The average molecular weight is 502 g/mol. The van der Waals surface area contributed by atoms with Gasteiger partial charge in [-0.05, 0) is 55.7 Å². The van der Waals surface area contributed by atoms with Crippen molar-refractivity contribution >= 4 is 29.0 Å². The molecule has 4 N–H and O–H groups in total. The molecule has 0 saturated heterocycles. The van der Waals surface area contributed by atoms with Gasteiger partial charge in [-0.2, -0.15) is 13.2 Å². The lowest BCUT2D eigenvalue weighted by Crippen LogP contribution is -2.33. The fourth-order valence-corrected chi connectivity index (χ4v) is 3.37. The van der Waals surface area contributed by atoms with Gasteiger partial charge in [0.05, 0.1) is 22.4 Å². The fourth-order valence-electron chi connectivity index (χ4n) is 3.37. The molecule has 1 heterocycles. The number of rotatable bonds is 7. The van der Waals surface area contributed by atoms with Gasteiger partial charge in [0.25, 0.3) is 11.8 Å². The molecule has 0 bridgehead atoms. The number of amides is 2. The zero-order valence-electron chi connectivity index (χ0n) is 19.0. The number of aryl methyl sites for hydroxylation is 1. The van der Waals surface area contributed by atoms with E-state index in [0.717, 1.165) is 5.56 Å². The third-order valence-electron chi connectivity index (χ3n) is 5.69. The van der Waals surface area contributed by atoms with E-state index in [1.54, 1.807) is 12.1 Å². The van der Waals surface area contributed by atoms with E-state index in [1.807, 2.05) is 19.1 Å². The summed E-state index contributed by atoms with van der Waals surface area (Å²) in [5, 5.41) is 18.0. The Morgan fingerprint density at radius 3 is 2.42 bits per heavy atom. The van der Waals surface area contributed by atoms with Gasteiger partial charge in [0.15, 0.2) is 5.82 Å². The largest absolute Gasteiger partial charge is 0.416 e. The summed E-state index contributed by atoms with van der Waals surface area (Å²) in [6.45, 7) is 1.87. The van der Waals surface area contributed by atoms with Crippen molar-refractivity contribution < 1.29 is 32.3 Å². The third-order valence-corrected chi connectivity index (χ3v) is 5.69. The van der Waals surface area contributed by atoms with Crippen molar-refractivity contribution in [2.75, 3.05) is 17.2 Å². The molecular formula is C25H22F4N4O3. The van der Waals surface area contributed by atoms with Gasteiger partial charge in [0.2, 0.25) is 0 Å². The molecule has 3 aromatic rings. The molecule has 0 atom stereocenters. The van der Waals surface area contributed by atoms with E-state index in [2.05, 4.69) is 20.9 Å². The molecule has 0 spiro atoms. The lowest BCUT2D eigenvalue weighted by molar-refractivity contribution is -0.137. The fraction of sp³-hybridized carbons (Fsp3) is 0.240. The zero-order chi connectivity index (χ0) is 26.1. The summed E-state index contributed by atoms with van der Waals surface area (Å²) in [7, 11) is 0. The van der Waals surface area contributed by atoms with Crippen LogP contribution >= 0.6 is 0 Å². The number of hydrogen-bond acceptors (Lipinski definition) is 5. The zero-order valence-corrected chi connectivity index (χ0v) is 19.0. The van der Waals surface area contributed by atoms with Crippen molar-refractivity contribution in [1.29, 1.82) is 0 Å². The Labute approximate surface area is 203 Å². The van der Waals surface area contributed by atoms with Gasteiger partial charge in [0, 0.05) is 24.0 Å². The van der Waals surface area contributed by atoms with Gasteiger partial charge in [-0.1, -0.05) is 18.2 Å². The van der Waals surface area contributed by atoms with Crippen LogP contribution in [0.2, 0.25) is 0 Å². The predicted octanol–water partition coefficient (Wildman–Crippen LogP) is 4.80. The number of anilines is 3. The van der Waals surface area contributed by atoms with Crippen LogP contribution in [0.4, 0.5) is 34.8 Å².